The summed E-state index contributed by atoms with van der Waals surface area (Å²) in [5.74, 6) is -2.76. The van der Waals surface area contributed by atoms with E-state index < -0.39 is 12.1 Å². The smallest absolute Gasteiger partial charge is 0.475 e. The molecule has 4 N–H and O–H groups in total. The fourth-order valence-corrected chi connectivity index (χ4v) is 1.60. The molecular weight excluding hydrogens is 297 g/mol. The highest BCUT2D eigenvalue weighted by Crippen LogP contribution is 2.16. The van der Waals surface area contributed by atoms with Crippen LogP contribution < -0.4 is 11.1 Å². The molecule has 0 saturated heterocycles. The van der Waals surface area contributed by atoms with Crippen molar-refractivity contribution in [1.29, 1.82) is 0 Å². The molecule has 0 fully saturated rings. The van der Waals surface area contributed by atoms with E-state index in [2.05, 4.69) is 43.4 Å². The van der Waals surface area contributed by atoms with Crippen LogP contribution in [-0.2, 0) is 4.79 Å². The van der Waals surface area contributed by atoms with Gasteiger partial charge in [-0.1, -0.05) is 24.3 Å². The van der Waals surface area contributed by atoms with Crippen LogP contribution >= 0.6 is 0 Å². The minimum absolute atomic E-state index is 0.156. The average molecular weight is 320 g/mol. The molecule has 1 aromatic rings. The maximum Gasteiger partial charge on any atom is 0.490 e. The Bertz CT molecular complexity index is 482. The highest BCUT2D eigenvalue weighted by atomic mass is 19.4. The second-order valence-electron chi connectivity index (χ2n) is 5.75. The van der Waals surface area contributed by atoms with Gasteiger partial charge in [0.05, 0.1) is 0 Å². The molecule has 1 atom stereocenters. The zero-order chi connectivity index (χ0) is 17.6. The Morgan fingerprint density at radius 3 is 2.14 bits per heavy atom. The van der Waals surface area contributed by atoms with Gasteiger partial charge in [0.1, 0.15) is 0 Å². The third-order valence-corrected chi connectivity index (χ3v) is 2.76. The number of carbonyl (C=O) groups is 1. The van der Waals surface area contributed by atoms with Gasteiger partial charge in [-0.05, 0) is 38.8 Å². The maximum absolute atomic E-state index is 10.6. The van der Waals surface area contributed by atoms with Crippen molar-refractivity contribution in [2.24, 2.45) is 5.73 Å². The number of nitrogens with two attached hydrogens (primary N) is 1. The fourth-order valence-electron chi connectivity index (χ4n) is 1.60. The summed E-state index contributed by atoms with van der Waals surface area (Å²) in [5, 5.41) is 10.6. The molecule has 4 nitrogen and oxygen atoms in total. The van der Waals surface area contributed by atoms with Gasteiger partial charge >= 0.3 is 12.1 Å². The van der Waals surface area contributed by atoms with Crippen molar-refractivity contribution in [3.8, 4) is 0 Å². The van der Waals surface area contributed by atoms with E-state index in [0.29, 0.717) is 6.04 Å². The molecule has 0 heterocycles. The van der Waals surface area contributed by atoms with Gasteiger partial charge in [0.2, 0.25) is 0 Å². The van der Waals surface area contributed by atoms with Crippen LogP contribution in [0.25, 0.3) is 0 Å². The Morgan fingerprint density at radius 2 is 1.77 bits per heavy atom. The van der Waals surface area contributed by atoms with E-state index in [1.54, 1.807) is 0 Å². The highest BCUT2D eigenvalue weighted by Gasteiger charge is 2.38. The molecule has 0 amide bonds. The Kier molecular flexibility index (Phi) is 7.55. The number of nitrogens with one attached hydrogen (secondary N) is 1. The number of rotatable bonds is 4. The third kappa shape index (κ3) is 8.63. The van der Waals surface area contributed by atoms with Gasteiger partial charge in [-0.25, -0.2) is 4.79 Å². The summed E-state index contributed by atoms with van der Waals surface area (Å²) >= 11 is 0. The van der Waals surface area contributed by atoms with E-state index in [4.69, 9.17) is 15.6 Å². The van der Waals surface area contributed by atoms with Gasteiger partial charge in [0, 0.05) is 18.1 Å². The second kappa shape index (κ2) is 8.14. The minimum Gasteiger partial charge on any atom is -0.475 e. The van der Waals surface area contributed by atoms with Crippen molar-refractivity contribution >= 4 is 5.97 Å². The first-order valence-electron chi connectivity index (χ1n) is 6.72. The fraction of sp³-hybridized carbons (Fsp3) is 0.533. The minimum atomic E-state index is -5.08. The van der Waals surface area contributed by atoms with Crippen molar-refractivity contribution in [3.05, 3.63) is 35.4 Å². The van der Waals surface area contributed by atoms with E-state index in [-0.39, 0.29) is 5.54 Å². The quantitative estimate of drug-likeness (QED) is 0.797. The second-order valence-corrected chi connectivity index (χ2v) is 5.75. The number of aryl methyl sites for hydroxylation is 1. The van der Waals surface area contributed by atoms with E-state index in [9.17, 15) is 13.2 Å². The molecule has 0 saturated carbocycles. The third-order valence-electron chi connectivity index (χ3n) is 2.76. The van der Waals surface area contributed by atoms with Crippen LogP contribution in [0.15, 0.2) is 24.3 Å². The molecule has 126 valence electrons. The van der Waals surface area contributed by atoms with Crippen LogP contribution in [0.5, 0.6) is 0 Å². The molecule has 1 rings (SSSR count). The molecule has 0 radical (unpaired) electrons. The molecule has 0 aromatic heterocycles. The van der Waals surface area contributed by atoms with Crippen molar-refractivity contribution in [3.63, 3.8) is 0 Å². The average Bonchev–Trinajstić information content (AvgIpc) is 2.35. The summed E-state index contributed by atoms with van der Waals surface area (Å²) in [4.78, 5) is 8.90. The number of halogens is 3. The van der Waals surface area contributed by atoms with Crippen molar-refractivity contribution < 1.29 is 23.1 Å². The summed E-state index contributed by atoms with van der Waals surface area (Å²) in [5.41, 5.74) is 8.46. The lowest BCUT2D eigenvalue weighted by Gasteiger charge is -2.23. The number of aliphatic carboxylic acids is 1. The Balaban J connectivity index is 0.000000534. The van der Waals surface area contributed by atoms with E-state index >= 15 is 0 Å². The van der Waals surface area contributed by atoms with Crippen molar-refractivity contribution in [2.75, 3.05) is 6.54 Å². The Morgan fingerprint density at radius 1 is 1.32 bits per heavy atom. The van der Waals surface area contributed by atoms with Gasteiger partial charge in [0.25, 0.3) is 0 Å². The van der Waals surface area contributed by atoms with E-state index in [1.165, 1.54) is 11.1 Å². The summed E-state index contributed by atoms with van der Waals surface area (Å²) in [6, 6.07) is 8.80. The molecule has 7 heteroatoms. The van der Waals surface area contributed by atoms with Crippen LogP contribution in [0, 0.1) is 6.92 Å². The zero-order valence-corrected chi connectivity index (χ0v) is 13.2. The molecule has 1 aromatic carbocycles. The maximum atomic E-state index is 10.6. The number of benzene rings is 1. The Hall–Kier alpha value is -1.60. The van der Waals surface area contributed by atoms with Crippen LogP contribution in [0.3, 0.4) is 0 Å². The van der Waals surface area contributed by atoms with Gasteiger partial charge < -0.3 is 16.2 Å². The largest absolute Gasteiger partial charge is 0.490 e. The predicted octanol–water partition coefficient (Wildman–Crippen LogP) is 3.02. The topological polar surface area (TPSA) is 75.3 Å². The number of carboxylic acid groups (broad SMARTS) is 1. The number of hydrogen-bond acceptors (Lipinski definition) is 3. The van der Waals surface area contributed by atoms with Crippen molar-refractivity contribution in [1.82, 2.24) is 5.32 Å². The van der Waals surface area contributed by atoms with Crippen LogP contribution in [0.1, 0.15) is 37.9 Å². The lowest BCUT2D eigenvalue weighted by Crippen LogP contribution is -2.43. The molecule has 0 aliphatic heterocycles. The first-order valence-corrected chi connectivity index (χ1v) is 6.72. The number of alkyl halides is 3. The first kappa shape index (κ1) is 20.4. The van der Waals surface area contributed by atoms with Gasteiger partial charge in [0.15, 0.2) is 0 Å². The highest BCUT2D eigenvalue weighted by molar-refractivity contribution is 5.73. The monoisotopic (exact) mass is 320 g/mol. The molecule has 22 heavy (non-hydrogen) atoms. The first-order chi connectivity index (χ1) is 9.84. The number of carboxylic acids is 1. The predicted molar refractivity (Wildman–Crippen MR) is 79.6 cm³/mol. The van der Waals surface area contributed by atoms with Gasteiger partial charge in [-0.3, -0.25) is 0 Å². The van der Waals surface area contributed by atoms with Gasteiger partial charge in [-0.2, -0.15) is 13.2 Å². The molecule has 0 aliphatic carbocycles. The SMILES string of the molecule is Cc1ccccc1C(C)NCC(C)(C)N.O=C(O)C(F)(F)F. The molecule has 1 unspecified atom stereocenters. The zero-order valence-electron chi connectivity index (χ0n) is 13.2. The van der Waals surface area contributed by atoms with Crippen LogP contribution in [0.2, 0.25) is 0 Å². The summed E-state index contributed by atoms with van der Waals surface area (Å²) in [7, 11) is 0. The lowest BCUT2D eigenvalue weighted by molar-refractivity contribution is -0.192. The van der Waals surface area contributed by atoms with E-state index in [1.807, 2.05) is 13.8 Å². The summed E-state index contributed by atoms with van der Waals surface area (Å²) in [6.45, 7) is 9.20. The molecular formula is C15H23F3N2O2. The molecule has 0 aliphatic rings. The summed E-state index contributed by atoms with van der Waals surface area (Å²) in [6.07, 6.45) is -5.08. The van der Waals surface area contributed by atoms with E-state index in [0.717, 1.165) is 6.54 Å². The van der Waals surface area contributed by atoms with Crippen LogP contribution in [-0.4, -0.2) is 29.3 Å². The standard InChI is InChI=1S/C13H22N2.C2HF3O2/c1-10-7-5-6-8-12(10)11(2)15-9-13(3,4)14;3-2(4,5)1(6)7/h5-8,11,15H,9,14H2,1-4H3;(H,6,7). The molecule has 0 bridgehead atoms. The Labute approximate surface area is 128 Å². The normalized spacial score (nSPS) is 13.1. The summed E-state index contributed by atoms with van der Waals surface area (Å²) < 4.78 is 31.7. The van der Waals surface area contributed by atoms with Crippen LogP contribution in [0.4, 0.5) is 13.2 Å². The van der Waals surface area contributed by atoms with Gasteiger partial charge in [-0.15, -0.1) is 0 Å². The van der Waals surface area contributed by atoms with Crippen molar-refractivity contribution in [2.45, 2.75) is 45.5 Å². The lowest BCUT2D eigenvalue weighted by atomic mass is 10.0. The molecule has 0 spiro atoms. The number of hydrogen-bond donors (Lipinski definition) is 3.